The minimum Gasteiger partial charge on any atom is -0.462 e. The minimum absolute atomic E-state index is 0.0811. The predicted octanol–water partition coefficient (Wildman–Crippen LogP) is 7.61. The van der Waals surface area contributed by atoms with Crippen LogP contribution in [0.4, 0.5) is 0 Å². The number of phosphoric ester groups is 1. The van der Waals surface area contributed by atoms with Crippen molar-refractivity contribution in [2.75, 3.05) is 13.2 Å². The number of aliphatic hydroxyl groups excluding tert-OH is 5. The zero-order valence-electron chi connectivity index (χ0n) is 34.6. The molecule has 1 rings (SSSR count). The van der Waals surface area contributed by atoms with E-state index in [0.717, 1.165) is 89.9 Å². The lowest BCUT2D eigenvalue weighted by Crippen LogP contribution is -2.64. The van der Waals surface area contributed by atoms with Crippen molar-refractivity contribution in [2.45, 2.75) is 198 Å². The summed E-state index contributed by atoms with van der Waals surface area (Å²) in [5.74, 6) is -1.13. The van der Waals surface area contributed by atoms with E-state index in [1.165, 1.54) is 25.7 Å². The molecule has 6 N–H and O–H groups in total. The lowest BCUT2D eigenvalue weighted by molar-refractivity contribution is -0.220. The Morgan fingerprint density at radius 3 is 1.54 bits per heavy atom. The molecule has 0 radical (unpaired) electrons. The first-order valence-corrected chi connectivity index (χ1v) is 22.9. The third-order valence-corrected chi connectivity index (χ3v) is 10.6. The van der Waals surface area contributed by atoms with E-state index < -0.39 is 75.7 Å². The minimum atomic E-state index is -5.12. The molecule has 13 nitrogen and oxygen atoms in total. The number of unbranched alkanes of at least 4 members (excludes halogenated alkanes) is 14. The van der Waals surface area contributed by atoms with Crippen LogP contribution in [0.3, 0.4) is 0 Å². The molecular weight excluding hydrogens is 755 g/mol. The standard InChI is InChI=1S/C43H75O13P/c1-3-5-7-9-11-13-15-17-18-20-21-23-25-27-29-31-36(44)53-33-35(34-54-57(51,52)56-43-41(49)39(47)38(46)40(48)42(43)50)55-37(45)32-30-28-26-24-22-19-16-14-12-10-8-6-4-2/h5,7,11,13-14,16-18,35,38-43,46-50H,3-4,6,8-10,12,15,19-34H2,1-2H3,(H,51,52)/b7-5+,13-11+,16-14+,18-17+/t35-,38?,39-,40?,41?,42?,43?/m0/s1. The zero-order valence-corrected chi connectivity index (χ0v) is 35.5. The van der Waals surface area contributed by atoms with Crippen molar-refractivity contribution in [2.24, 2.45) is 0 Å². The second kappa shape index (κ2) is 33.6. The summed E-state index contributed by atoms with van der Waals surface area (Å²) < 4.78 is 33.4. The predicted molar refractivity (Wildman–Crippen MR) is 221 cm³/mol. The molecule has 1 aliphatic carbocycles. The van der Waals surface area contributed by atoms with Gasteiger partial charge in [-0.1, -0.05) is 120 Å². The fraction of sp³-hybridized carbons (Fsp3) is 0.767. The van der Waals surface area contributed by atoms with Gasteiger partial charge in [0.2, 0.25) is 0 Å². The SMILES string of the molecule is CC/C=C/C/C=C/C/C=C/CCCCCCCC(=O)OC[C@@H](COP(=O)(O)OC1C(O)C(O)C(O)[C@H](O)C1O)OC(=O)CCCCCCC/C=C/CCCCCC. The molecule has 0 aromatic carbocycles. The van der Waals surface area contributed by atoms with Crippen molar-refractivity contribution >= 4 is 19.8 Å². The molecule has 0 aliphatic heterocycles. The van der Waals surface area contributed by atoms with Crippen molar-refractivity contribution < 1.29 is 63.1 Å². The van der Waals surface area contributed by atoms with E-state index in [-0.39, 0.29) is 12.8 Å². The Morgan fingerprint density at radius 1 is 0.561 bits per heavy atom. The molecule has 1 saturated carbocycles. The maximum atomic E-state index is 12.8. The van der Waals surface area contributed by atoms with Crippen LogP contribution in [0.5, 0.6) is 0 Å². The highest BCUT2D eigenvalue weighted by Gasteiger charge is 2.51. The first kappa shape index (κ1) is 52.8. The number of phosphoric acid groups is 1. The Bertz CT molecular complexity index is 1190. The Labute approximate surface area is 341 Å². The molecule has 1 aliphatic rings. The number of carbonyl (C=O) groups excluding carboxylic acids is 2. The van der Waals surface area contributed by atoms with Gasteiger partial charge in [0.05, 0.1) is 6.61 Å². The number of hydrogen-bond acceptors (Lipinski definition) is 12. The van der Waals surface area contributed by atoms with Gasteiger partial charge in [0.1, 0.15) is 43.2 Å². The number of carbonyl (C=O) groups is 2. The highest BCUT2D eigenvalue weighted by molar-refractivity contribution is 7.47. The first-order chi connectivity index (χ1) is 27.4. The summed E-state index contributed by atoms with van der Waals surface area (Å²) in [4.78, 5) is 35.6. The number of rotatable bonds is 34. The molecular formula is C43H75O13P. The van der Waals surface area contributed by atoms with Crippen LogP contribution >= 0.6 is 7.82 Å². The highest BCUT2D eigenvalue weighted by atomic mass is 31.2. The molecule has 0 heterocycles. The number of aliphatic hydroxyl groups is 5. The van der Waals surface area contributed by atoms with E-state index >= 15 is 0 Å². The van der Waals surface area contributed by atoms with E-state index in [1.54, 1.807) is 0 Å². The van der Waals surface area contributed by atoms with Crippen LogP contribution in [0.25, 0.3) is 0 Å². The first-order valence-electron chi connectivity index (χ1n) is 21.4. The van der Waals surface area contributed by atoms with Crippen molar-refractivity contribution in [1.82, 2.24) is 0 Å². The third kappa shape index (κ3) is 26.5. The molecule has 0 saturated heterocycles. The second-order valence-electron chi connectivity index (χ2n) is 14.8. The number of allylic oxidation sites excluding steroid dienone is 8. The lowest BCUT2D eigenvalue weighted by atomic mass is 9.85. The summed E-state index contributed by atoms with van der Waals surface area (Å²) in [6, 6.07) is 0. The Balaban J connectivity index is 2.51. The Hall–Kier alpha value is -2.19. The van der Waals surface area contributed by atoms with Crippen molar-refractivity contribution in [3.8, 4) is 0 Å². The highest BCUT2D eigenvalue weighted by Crippen LogP contribution is 2.47. The van der Waals surface area contributed by atoms with Gasteiger partial charge in [-0.2, -0.15) is 0 Å². The molecule has 0 spiro atoms. The molecule has 6 unspecified atom stereocenters. The summed E-state index contributed by atoms with van der Waals surface area (Å²) in [7, 11) is -5.12. The van der Waals surface area contributed by atoms with Crippen LogP contribution in [0.2, 0.25) is 0 Å². The number of ether oxygens (including phenoxy) is 2. The largest absolute Gasteiger partial charge is 0.472 e. The monoisotopic (exact) mass is 830 g/mol. The molecule has 14 heteroatoms. The second-order valence-corrected chi connectivity index (χ2v) is 16.2. The molecule has 0 aromatic rings. The number of hydrogen-bond donors (Lipinski definition) is 6. The maximum Gasteiger partial charge on any atom is 0.472 e. The topological polar surface area (TPSA) is 210 Å². The smallest absolute Gasteiger partial charge is 0.462 e. The number of esters is 2. The molecule has 0 aromatic heterocycles. The van der Waals surface area contributed by atoms with Crippen LogP contribution in [-0.4, -0.2) is 98.3 Å². The van der Waals surface area contributed by atoms with Crippen molar-refractivity contribution in [3.63, 3.8) is 0 Å². The molecule has 0 bridgehead atoms. The molecule has 0 amide bonds. The van der Waals surface area contributed by atoms with E-state index in [2.05, 4.69) is 62.5 Å². The quantitative estimate of drug-likeness (QED) is 0.0160. The van der Waals surface area contributed by atoms with Gasteiger partial charge in [-0.25, -0.2) is 4.57 Å². The van der Waals surface area contributed by atoms with Crippen molar-refractivity contribution in [1.29, 1.82) is 0 Å². The zero-order chi connectivity index (χ0) is 42.2. The average Bonchev–Trinajstić information content (AvgIpc) is 3.19. The van der Waals surface area contributed by atoms with E-state index in [0.29, 0.717) is 12.8 Å². The van der Waals surface area contributed by atoms with E-state index in [9.17, 15) is 44.6 Å². The van der Waals surface area contributed by atoms with Gasteiger partial charge in [0.25, 0.3) is 0 Å². The maximum absolute atomic E-state index is 12.8. The van der Waals surface area contributed by atoms with Crippen LogP contribution in [0.1, 0.15) is 155 Å². The van der Waals surface area contributed by atoms with Crippen LogP contribution < -0.4 is 0 Å². The summed E-state index contributed by atoms with van der Waals surface area (Å²) >= 11 is 0. The van der Waals surface area contributed by atoms with Gasteiger partial charge in [-0.15, -0.1) is 0 Å². The molecule has 330 valence electrons. The van der Waals surface area contributed by atoms with E-state index in [1.807, 2.05) is 0 Å². The van der Waals surface area contributed by atoms with E-state index in [4.69, 9.17) is 18.5 Å². The average molecular weight is 831 g/mol. The molecule has 1 fully saturated rings. The lowest BCUT2D eigenvalue weighted by Gasteiger charge is -2.41. The Kier molecular flexibility index (Phi) is 31.2. The van der Waals surface area contributed by atoms with Gasteiger partial charge < -0.3 is 39.9 Å². The summed E-state index contributed by atoms with van der Waals surface area (Å²) in [5, 5.41) is 50.0. The van der Waals surface area contributed by atoms with Gasteiger partial charge in [-0.3, -0.25) is 18.6 Å². The van der Waals surface area contributed by atoms with Gasteiger partial charge >= 0.3 is 19.8 Å². The Morgan fingerprint density at radius 2 is 1.00 bits per heavy atom. The third-order valence-electron chi connectivity index (χ3n) is 9.65. The summed E-state index contributed by atoms with van der Waals surface area (Å²) in [6.45, 7) is 3.13. The fourth-order valence-electron chi connectivity index (χ4n) is 6.18. The normalized spacial score (nSPS) is 23.2. The van der Waals surface area contributed by atoms with Gasteiger partial charge in [0, 0.05) is 12.8 Å². The summed E-state index contributed by atoms with van der Waals surface area (Å²) in [5.41, 5.74) is 0. The van der Waals surface area contributed by atoms with Gasteiger partial charge in [0.15, 0.2) is 6.10 Å². The van der Waals surface area contributed by atoms with Crippen LogP contribution in [-0.2, 0) is 32.7 Å². The van der Waals surface area contributed by atoms with Crippen LogP contribution in [0, 0.1) is 0 Å². The fourth-order valence-corrected chi connectivity index (χ4v) is 7.15. The molecule has 57 heavy (non-hydrogen) atoms. The van der Waals surface area contributed by atoms with Gasteiger partial charge in [-0.05, 0) is 70.6 Å². The van der Waals surface area contributed by atoms with Crippen molar-refractivity contribution in [3.05, 3.63) is 48.6 Å². The summed E-state index contributed by atoms with van der Waals surface area (Å²) in [6.07, 6.45) is 24.6. The molecule has 8 atom stereocenters. The van der Waals surface area contributed by atoms with Crippen LogP contribution in [0.15, 0.2) is 48.6 Å².